The molecule has 1 atom stereocenters. The number of esters is 1. The highest BCUT2D eigenvalue weighted by Crippen LogP contribution is 1.94. The van der Waals surface area contributed by atoms with E-state index < -0.39 is 0 Å². The van der Waals surface area contributed by atoms with Crippen LogP contribution in [0.15, 0.2) is 12.8 Å². The summed E-state index contributed by atoms with van der Waals surface area (Å²) in [6.07, 6.45) is 2.99. The first kappa shape index (κ1) is 13.0. The van der Waals surface area contributed by atoms with E-state index in [-0.39, 0.29) is 12.0 Å². The van der Waals surface area contributed by atoms with Crippen LogP contribution >= 0.6 is 0 Å². The Bertz CT molecular complexity index is 171. The molecule has 0 heterocycles. The first-order valence-corrected chi connectivity index (χ1v) is 4.80. The fourth-order valence-electron chi connectivity index (χ4n) is 1.05. The van der Waals surface area contributed by atoms with Crippen molar-refractivity contribution in [2.75, 3.05) is 20.3 Å². The summed E-state index contributed by atoms with van der Waals surface area (Å²) in [6, 6.07) is -0.205. The molecule has 1 unspecified atom stereocenters. The second-order valence-corrected chi connectivity index (χ2v) is 2.83. The molecule has 0 amide bonds. The van der Waals surface area contributed by atoms with Gasteiger partial charge in [-0.05, 0) is 19.4 Å². The highest BCUT2D eigenvalue weighted by atomic mass is 16.5. The second-order valence-electron chi connectivity index (χ2n) is 2.83. The van der Waals surface area contributed by atoms with Crippen molar-refractivity contribution in [3.63, 3.8) is 0 Å². The van der Waals surface area contributed by atoms with Crippen LogP contribution in [0.1, 0.15) is 19.8 Å². The van der Waals surface area contributed by atoms with E-state index in [1.165, 1.54) is 13.4 Å². The van der Waals surface area contributed by atoms with Crippen molar-refractivity contribution >= 4 is 5.97 Å². The first-order chi connectivity index (χ1) is 6.76. The zero-order chi connectivity index (χ0) is 10.8. The van der Waals surface area contributed by atoms with Crippen LogP contribution in [0.25, 0.3) is 0 Å². The summed E-state index contributed by atoms with van der Waals surface area (Å²) in [5.74, 6) is -0.211. The van der Waals surface area contributed by atoms with Crippen LogP contribution in [0.4, 0.5) is 0 Å². The van der Waals surface area contributed by atoms with Gasteiger partial charge in [-0.3, -0.25) is 4.79 Å². The Morgan fingerprint density at radius 3 is 2.86 bits per heavy atom. The third-order valence-electron chi connectivity index (χ3n) is 1.84. The Balaban J connectivity index is 3.52. The van der Waals surface area contributed by atoms with Crippen LogP contribution in [0.5, 0.6) is 0 Å². The number of carbonyl (C=O) groups is 1. The maximum Gasteiger partial charge on any atom is 0.322 e. The molecule has 82 valence electrons. The van der Waals surface area contributed by atoms with Crippen molar-refractivity contribution in [1.82, 2.24) is 5.32 Å². The van der Waals surface area contributed by atoms with Crippen molar-refractivity contribution in [1.29, 1.82) is 0 Å². The van der Waals surface area contributed by atoms with Gasteiger partial charge in [-0.1, -0.05) is 13.5 Å². The molecule has 0 radical (unpaired) electrons. The zero-order valence-electron chi connectivity index (χ0n) is 8.91. The van der Waals surface area contributed by atoms with Gasteiger partial charge in [0.15, 0.2) is 0 Å². The topological polar surface area (TPSA) is 47.6 Å². The van der Waals surface area contributed by atoms with E-state index in [4.69, 9.17) is 4.74 Å². The van der Waals surface area contributed by atoms with E-state index in [0.717, 1.165) is 19.4 Å². The normalized spacial score (nSPS) is 11.9. The number of nitrogens with one attached hydrogen (secondary N) is 1. The van der Waals surface area contributed by atoms with E-state index >= 15 is 0 Å². The molecule has 4 nitrogen and oxygen atoms in total. The van der Waals surface area contributed by atoms with Gasteiger partial charge < -0.3 is 14.8 Å². The van der Waals surface area contributed by atoms with Crippen LogP contribution in [-0.2, 0) is 14.3 Å². The highest BCUT2D eigenvalue weighted by Gasteiger charge is 2.14. The summed E-state index contributed by atoms with van der Waals surface area (Å²) in [7, 11) is 1.40. The maximum absolute atomic E-state index is 11.1. The number of methoxy groups -OCH3 is 1. The SMILES string of the molecule is C=COCCCNC(CC)C(=O)OC. The number of hydrogen-bond donors (Lipinski definition) is 1. The zero-order valence-corrected chi connectivity index (χ0v) is 8.91. The van der Waals surface area contributed by atoms with Gasteiger partial charge in [0.2, 0.25) is 0 Å². The summed E-state index contributed by atoms with van der Waals surface area (Å²) in [5.41, 5.74) is 0. The van der Waals surface area contributed by atoms with Crippen molar-refractivity contribution in [2.45, 2.75) is 25.8 Å². The van der Waals surface area contributed by atoms with E-state index in [1.807, 2.05) is 6.92 Å². The minimum absolute atomic E-state index is 0.205. The molecule has 0 bridgehead atoms. The average molecular weight is 201 g/mol. The molecule has 0 aliphatic rings. The minimum atomic E-state index is -0.211. The molecule has 0 rings (SSSR count). The fourth-order valence-corrected chi connectivity index (χ4v) is 1.05. The molecule has 0 spiro atoms. The third-order valence-corrected chi connectivity index (χ3v) is 1.84. The molecule has 1 N–H and O–H groups in total. The number of carbonyl (C=O) groups excluding carboxylic acids is 1. The Kier molecular flexibility index (Phi) is 7.93. The molecule has 0 aliphatic heterocycles. The van der Waals surface area contributed by atoms with Crippen molar-refractivity contribution < 1.29 is 14.3 Å². The van der Waals surface area contributed by atoms with Crippen LogP contribution in [-0.4, -0.2) is 32.3 Å². The lowest BCUT2D eigenvalue weighted by Gasteiger charge is -2.13. The van der Waals surface area contributed by atoms with Crippen molar-refractivity contribution in [2.24, 2.45) is 0 Å². The smallest absolute Gasteiger partial charge is 0.322 e. The summed E-state index contributed by atoms with van der Waals surface area (Å²) in [5, 5.41) is 3.09. The van der Waals surface area contributed by atoms with Gasteiger partial charge in [-0.15, -0.1) is 0 Å². The second kappa shape index (κ2) is 8.56. The molecule has 14 heavy (non-hydrogen) atoms. The van der Waals surface area contributed by atoms with Gasteiger partial charge in [0, 0.05) is 0 Å². The van der Waals surface area contributed by atoms with Gasteiger partial charge in [0.05, 0.1) is 20.0 Å². The fraction of sp³-hybridized carbons (Fsp3) is 0.700. The lowest BCUT2D eigenvalue weighted by molar-refractivity contribution is -0.143. The maximum atomic E-state index is 11.1. The van der Waals surface area contributed by atoms with Gasteiger partial charge in [-0.25, -0.2) is 0 Å². The number of rotatable bonds is 8. The molecule has 0 saturated heterocycles. The Hall–Kier alpha value is -1.03. The van der Waals surface area contributed by atoms with E-state index in [9.17, 15) is 4.79 Å². The van der Waals surface area contributed by atoms with Gasteiger partial charge in [0.1, 0.15) is 6.04 Å². The summed E-state index contributed by atoms with van der Waals surface area (Å²) in [6.45, 7) is 6.73. The molecule has 0 aliphatic carbocycles. The largest absolute Gasteiger partial charge is 0.502 e. The van der Waals surface area contributed by atoms with Crippen LogP contribution < -0.4 is 5.32 Å². The van der Waals surface area contributed by atoms with Crippen LogP contribution in [0.2, 0.25) is 0 Å². The molecule has 0 saturated carbocycles. The van der Waals surface area contributed by atoms with Gasteiger partial charge in [0.25, 0.3) is 0 Å². The van der Waals surface area contributed by atoms with Crippen LogP contribution in [0, 0.1) is 0 Å². The summed E-state index contributed by atoms with van der Waals surface area (Å²) >= 11 is 0. The van der Waals surface area contributed by atoms with Gasteiger partial charge >= 0.3 is 5.97 Å². The predicted molar refractivity (Wildman–Crippen MR) is 54.9 cm³/mol. The third kappa shape index (κ3) is 5.59. The van der Waals surface area contributed by atoms with E-state index in [1.54, 1.807) is 0 Å². The molecular weight excluding hydrogens is 182 g/mol. The standard InChI is InChI=1S/C10H19NO3/c1-4-9(10(12)13-3)11-7-6-8-14-5-2/h5,9,11H,2,4,6-8H2,1,3H3. The lowest BCUT2D eigenvalue weighted by atomic mass is 10.2. The Labute approximate surface area is 85.3 Å². The van der Waals surface area contributed by atoms with Crippen molar-refractivity contribution in [3.8, 4) is 0 Å². The minimum Gasteiger partial charge on any atom is -0.502 e. The lowest BCUT2D eigenvalue weighted by Crippen LogP contribution is -2.37. The summed E-state index contributed by atoms with van der Waals surface area (Å²) < 4.78 is 9.58. The molecule has 0 aromatic rings. The average Bonchev–Trinajstić information content (AvgIpc) is 2.22. The molecule has 0 aromatic carbocycles. The predicted octanol–water partition coefficient (Wildman–Crippen LogP) is 1.08. The van der Waals surface area contributed by atoms with Gasteiger partial charge in [-0.2, -0.15) is 0 Å². The first-order valence-electron chi connectivity index (χ1n) is 4.80. The Morgan fingerprint density at radius 2 is 2.36 bits per heavy atom. The monoisotopic (exact) mass is 201 g/mol. The molecule has 4 heteroatoms. The van der Waals surface area contributed by atoms with E-state index in [2.05, 4.69) is 16.6 Å². The molecular formula is C10H19NO3. The van der Waals surface area contributed by atoms with E-state index in [0.29, 0.717) is 6.61 Å². The summed E-state index contributed by atoms with van der Waals surface area (Å²) in [4.78, 5) is 11.1. The Morgan fingerprint density at radius 1 is 1.64 bits per heavy atom. The van der Waals surface area contributed by atoms with Crippen molar-refractivity contribution in [3.05, 3.63) is 12.8 Å². The quantitative estimate of drug-likeness (QED) is 0.362. The number of hydrogen-bond acceptors (Lipinski definition) is 4. The highest BCUT2D eigenvalue weighted by molar-refractivity contribution is 5.75. The van der Waals surface area contributed by atoms with Crippen LogP contribution in [0.3, 0.4) is 0 Å². The molecule has 0 aromatic heterocycles. The number of ether oxygens (including phenoxy) is 2. The molecule has 0 fully saturated rings.